The van der Waals surface area contributed by atoms with Gasteiger partial charge in [-0.1, -0.05) is 25.6 Å². The molecule has 1 rings (SSSR count). The summed E-state index contributed by atoms with van der Waals surface area (Å²) in [5, 5.41) is 3.24. The molecule has 0 aliphatic carbocycles. The van der Waals surface area contributed by atoms with Gasteiger partial charge in [-0.2, -0.15) is 0 Å². The zero-order valence-corrected chi connectivity index (χ0v) is 9.91. The molecule has 0 aliphatic heterocycles. The number of carbonyl (C=O) groups excluding carboxylic acids is 1. The van der Waals surface area contributed by atoms with Gasteiger partial charge in [0.15, 0.2) is 0 Å². The van der Waals surface area contributed by atoms with Crippen molar-refractivity contribution in [3.63, 3.8) is 0 Å². The maximum absolute atomic E-state index is 11.6. The van der Waals surface area contributed by atoms with E-state index in [1.165, 1.54) is 18.1 Å². The monoisotopic (exact) mass is 225 g/mol. The van der Waals surface area contributed by atoms with Gasteiger partial charge in [0.05, 0.1) is 6.04 Å². The zero-order valence-electron chi connectivity index (χ0n) is 9.10. The third-order valence-corrected chi connectivity index (χ3v) is 2.66. The molecule has 0 amide bonds. The summed E-state index contributed by atoms with van der Waals surface area (Å²) in [6.45, 7) is 4.01. The fourth-order valence-electron chi connectivity index (χ4n) is 1.16. The number of hydrogen-bond acceptors (Lipinski definition) is 5. The molecule has 0 aliphatic rings. The molecule has 0 saturated carbocycles. The summed E-state index contributed by atoms with van der Waals surface area (Å²) >= 11 is 1.24. The molecular formula is C10H15N3OS. The number of anilines is 1. The van der Waals surface area contributed by atoms with E-state index in [0.29, 0.717) is 5.82 Å². The second-order valence-corrected chi connectivity index (χ2v) is 4.29. The number of nitrogens with one attached hydrogen (secondary N) is 1. The van der Waals surface area contributed by atoms with Crippen LogP contribution in [0.15, 0.2) is 18.6 Å². The van der Waals surface area contributed by atoms with E-state index in [4.69, 9.17) is 0 Å². The molecule has 1 aromatic rings. The Morgan fingerprint density at radius 1 is 1.53 bits per heavy atom. The van der Waals surface area contributed by atoms with Gasteiger partial charge in [0.2, 0.25) is 5.12 Å². The molecule has 82 valence electrons. The van der Waals surface area contributed by atoms with Crippen molar-refractivity contribution >= 4 is 22.7 Å². The van der Waals surface area contributed by atoms with Crippen molar-refractivity contribution in [3.8, 4) is 0 Å². The topological polar surface area (TPSA) is 54.9 Å². The first-order chi connectivity index (χ1) is 7.15. The van der Waals surface area contributed by atoms with Gasteiger partial charge in [-0.3, -0.25) is 4.79 Å². The van der Waals surface area contributed by atoms with Crippen molar-refractivity contribution in [2.24, 2.45) is 5.92 Å². The lowest BCUT2D eigenvalue weighted by molar-refractivity contribution is -0.112. The maximum atomic E-state index is 11.6. The minimum absolute atomic E-state index is 0.128. The van der Waals surface area contributed by atoms with Crippen LogP contribution < -0.4 is 5.32 Å². The first-order valence-corrected chi connectivity index (χ1v) is 5.98. The van der Waals surface area contributed by atoms with Gasteiger partial charge in [0, 0.05) is 6.20 Å². The van der Waals surface area contributed by atoms with Gasteiger partial charge >= 0.3 is 0 Å². The van der Waals surface area contributed by atoms with Crippen LogP contribution in [0.5, 0.6) is 0 Å². The maximum Gasteiger partial charge on any atom is 0.211 e. The van der Waals surface area contributed by atoms with Crippen LogP contribution in [0.2, 0.25) is 0 Å². The molecule has 1 atom stereocenters. The van der Waals surface area contributed by atoms with E-state index in [1.807, 2.05) is 13.8 Å². The molecule has 0 aromatic carbocycles. The Balaban J connectivity index is 2.72. The number of thioether (sulfide) groups is 1. The summed E-state index contributed by atoms with van der Waals surface area (Å²) in [6, 6.07) is 1.55. The molecule has 0 fully saturated rings. The molecule has 0 unspecified atom stereocenters. The smallest absolute Gasteiger partial charge is 0.211 e. The molecule has 0 radical (unpaired) electrons. The summed E-state index contributed by atoms with van der Waals surface area (Å²) < 4.78 is 0. The highest BCUT2D eigenvalue weighted by molar-refractivity contribution is 8.13. The van der Waals surface area contributed by atoms with Crippen LogP contribution in [0, 0.1) is 5.92 Å². The van der Waals surface area contributed by atoms with Crippen molar-refractivity contribution in [3.05, 3.63) is 18.6 Å². The van der Waals surface area contributed by atoms with E-state index in [2.05, 4.69) is 15.3 Å². The van der Waals surface area contributed by atoms with Gasteiger partial charge in [-0.25, -0.2) is 9.97 Å². The van der Waals surface area contributed by atoms with Crippen LogP contribution in [0.25, 0.3) is 0 Å². The van der Waals surface area contributed by atoms with Gasteiger partial charge in [0.25, 0.3) is 0 Å². The molecule has 1 N–H and O–H groups in total. The van der Waals surface area contributed by atoms with Gasteiger partial charge < -0.3 is 5.32 Å². The quantitative estimate of drug-likeness (QED) is 0.846. The highest BCUT2D eigenvalue weighted by Gasteiger charge is 2.21. The minimum atomic E-state index is -0.199. The fraction of sp³-hybridized carbons (Fsp3) is 0.500. The Hall–Kier alpha value is -1.10. The third-order valence-electron chi connectivity index (χ3n) is 2.01. The zero-order chi connectivity index (χ0) is 11.3. The van der Waals surface area contributed by atoms with Crippen molar-refractivity contribution in [2.75, 3.05) is 11.6 Å². The average molecular weight is 225 g/mol. The molecular weight excluding hydrogens is 210 g/mol. The molecule has 0 spiro atoms. The van der Waals surface area contributed by atoms with E-state index < -0.39 is 0 Å². The minimum Gasteiger partial charge on any atom is -0.359 e. The summed E-state index contributed by atoms with van der Waals surface area (Å²) in [5.41, 5.74) is 0. The predicted molar refractivity (Wildman–Crippen MR) is 62.8 cm³/mol. The third kappa shape index (κ3) is 3.51. The standard InChI is InChI=1S/C10H15N3OS/c1-7(2)9(10(14)15-3)13-8-4-5-11-6-12-8/h4-7,9H,1-3H3,(H,11,12,13)/t9-/m0/s1. The Labute approximate surface area is 93.9 Å². The van der Waals surface area contributed by atoms with E-state index >= 15 is 0 Å². The Morgan fingerprint density at radius 3 is 2.73 bits per heavy atom. The van der Waals surface area contributed by atoms with Crippen molar-refractivity contribution in [2.45, 2.75) is 19.9 Å². The summed E-state index contributed by atoms with van der Waals surface area (Å²) in [4.78, 5) is 19.5. The lowest BCUT2D eigenvalue weighted by Gasteiger charge is -2.20. The average Bonchev–Trinajstić information content (AvgIpc) is 2.26. The van der Waals surface area contributed by atoms with Crippen LogP contribution >= 0.6 is 11.8 Å². The van der Waals surface area contributed by atoms with Crippen LogP contribution in [0.3, 0.4) is 0 Å². The van der Waals surface area contributed by atoms with Crippen molar-refractivity contribution in [1.82, 2.24) is 9.97 Å². The number of nitrogens with zero attached hydrogens (tertiary/aromatic N) is 2. The van der Waals surface area contributed by atoms with Gasteiger partial charge in [-0.15, -0.1) is 0 Å². The van der Waals surface area contributed by atoms with Crippen LogP contribution in [-0.4, -0.2) is 27.4 Å². The fourth-order valence-corrected chi connectivity index (χ4v) is 1.75. The first kappa shape index (κ1) is 12.0. The molecule has 1 heterocycles. The van der Waals surface area contributed by atoms with Crippen LogP contribution in [0.4, 0.5) is 5.82 Å². The van der Waals surface area contributed by atoms with E-state index in [1.54, 1.807) is 18.5 Å². The van der Waals surface area contributed by atoms with Crippen molar-refractivity contribution < 1.29 is 4.79 Å². The SMILES string of the molecule is CSC(=O)[C@@H](Nc1ccncn1)C(C)C. The molecule has 5 heteroatoms. The lowest BCUT2D eigenvalue weighted by Crippen LogP contribution is -2.32. The molecule has 1 aromatic heterocycles. The molecule has 0 bridgehead atoms. The first-order valence-electron chi connectivity index (χ1n) is 4.75. The number of aromatic nitrogens is 2. The van der Waals surface area contributed by atoms with Crippen molar-refractivity contribution in [1.29, 1.82) is 0 Å². The molecule has 4 nitrogen and oxygen atoms in total. The highest BCUT2D eigenvalue weighted by Crippen LogP contribution is 2.14. The largest absolute Gasteiger partial charge is 0.359 e. The van der Waals surface area contributed by atoms with Crippen LogP contribution in [-0.2, 0) is 4.79 Å². The van der Waals surface area contributed by atoms with Gasteiger partial charge in [-0.05, 0) is 18.2 Å². The second-order valence-electron chi connectivity index (χ2n) is 3.48. The summed E-state index contributed by atoms with van der Waals surface area (Å²) in [5.74, 6) is 0.922. The Kier molecular flexibility index (Phi) is 4.55. The number of rotatable bonds is 4. The lowest BCUT2D eigenvalue weighted by atomic mass is 10.1. The van der Waals surface area contributed by atoms with Crippen LogP contribution in [0.1, 0.15) is 13.8 Å². The van der Waals surface area contributed by atoms with E-state index in [0.717, 1.165) is 0 Å². The highest BCUT2D eigenvalue weighted by atomic mass is 32.2. The van der Waals surface area contributed by atoms with Gasteiger partial charge in [0.1, 0.15) is 12.1 Å². The number of hydrogen-bond donors (Lipinski definition) is 1. The molecule has 0 saturated heterocycles. The Bertz CT molecular complexity index is 316. The normalized spacial score (nSPS) is 12.5. The summed E-state index contributed by atoms with van der Waals surface area (Å²) in [6.07, 6.45) is 4.90. The predicted octanol–water partition coefficient (Wildman–Crippen LogP) is 1.80. The number of carbonyl (C=O) groups is 1. The van der Waals surface area contributed by atoms with E-state index in [-0.39, 0.29) is 17.1 Å². The molecule has 15 heavy (non-hydrogen) atoms. The summed E-state index contributed by atoms with van der Waals surface area (Å²) in [7, 11) is 0. The van der Waals surface area contributed by atoms with E-state index in [9.17, 15) is 4.79 Å². The Morgan fingerprint density at radius 2 is 2.27 bits per heavy atom. The second kappa shape index (κ2) is 5.70.